The van der Waals surface area contributed by atoms with Crippen LogP contribution in [0.4, 0.5) is 0 Å². The van der Waals surface area contributed by atoms with E-state index in [1.807, 2.05) is 0 Å². The van der Waals surface area contributed by atoms with Gasteiger partial charge in [0.05, 0.1) is 11.7 Å². The second-order valence-corrected chi connectivity index (χ2v) is 2.77. The Morgan fingerprint density at radius 2 is 2.27 bits per heavy atom. The number of fused-ring (bicyclic) bond motifs is 1. The number of hydrogen-bond donors (Lipinski definition) is 1. The zero-order chi connectivity index (χ0) is 7.84. The average Bonchev–Trinajstić information content (AvgIpc) is 2.36. The van der Waals surface area contributed by atoms with Gasteiger partial charge in [-0.25, -0.2) is 0 Å². The summed E-state index contributed by atoms with van der Waals surface area (Å²) in [5, 5.41) is 7.90. The van der Waals surface area contributed by atoms with E-state index in [4.69, 9.17) is 0 Å². The summed E-state index contributed by atoms with van der Waals surface area (Å²) in [5.41, 5.74) is 3.51. The van der Waals surface area contributed by atoms with Crippen molar-refractivity contribution < 1.29 is 0 Å². The van der Waals surface area contributed by atoms with Gasteiger partial charge in [0.25, 0.3) is 0 Å². The van der Waals surface area contributed by atoms with E-state index in [9.17, 15) is 0 Å². The van der Waals surface area contributed by atoms with Crippen LogP contribution in [0.2, 0.25) is 0 Å². The minimum Gasteiger partial charge on any atom is -0.278 e. The van der Waals surface area contributed by atoms with Gasteiger partial charge in [-0.2, -0.15) is 5.10 Å². The van der Waals surface area contributed by atoms with Gasteiger partial charge in [-0.15, -0.1) is 0 Å². The minimum absolute atomic E-state index is 1.06. The predicted molar refractivity (Wildman–Crippen MR) is 44.4 cm³/mol. The molecule has 0 aliphatic rings. The summed E-state index contributed by atoms with van der Waals surface area (Å²) in [5.74, 6) is 0. The molecule has 0 unspecified atom stereocenters. The minimum atomic E-state index is 1.06. The molecule has 0 spiro atoms. The van der Waals surface area contributed by atoms with Crippen molar-refractivity contribution >= 4 is 10.9 Å². The fraction of sp³-hybridized carbons (Fsp3) is 0.222. The summed E-state index contributed by atoms with van der Waals surface area (Å²) < 4.78 is 0. The molecule has 0 saturated carbocycles. The summed E-state index contributed by atoms with van der Waals surface area (Å²) >= 11 is 0. The number of H-pyrrole nitrogens is 1. The molecule has 11 heavy (non-hydrogen) atoms. The van der Waals surface area contributed by atoms with Crippen LogP contribution in [0.15, 0.2) is 12.3 Å². The quantitative estimate of drug-likeness (QED) is 0.603. The Labute approximate surface area is 65.2 Å². The lowest BCUT2D eigenvalue weighted by atomic mass is 10.1. The molecule has 0 aliphatic carbocycles. The third-order valence-corrected chi connectivity index (χ3v) is 1.94. The number of benzene rings is 1. The molecule has 1 aromatic carbocycles. The lowest BCUT2D eigenvalue weighted by molar-refractivity contribution is 1.12. The second kappa shape index (κ2) is 2.09. The van der Waals surface area contributed by atoms with E-state index in [2.05, 4.69) is 36.2 Å². The van der Waals surface area contributed by atoms with Crippen LogP contribution in [0.3, 0.4) is 0 Å². The van der Waals surface area contributed by atoms with Crippen molar-refractivity contribution in [3.8, 4) is 0 Å². The van der Waals surface area contributed by atoms with Crippen molar-refractivity contribution in [1.82, 2.24) is 10.2 Å². The normalized spacial score (nSPS) is 10.7. The van der Waals surface area contributed by atoms with E-state index in [0.717, 1.165) is 10.9 Å². The van der Waals surface area contributed by atoms with Gasteiger partial charge in [0.2, 0.25) is 0 Å². The van der Waals surface area contributed by atoms with E-state index in [-0.39, 0.29) is 0 Å². The maximum atomic E-state index is 3.93. The fourth-order valence-electron chi connectivity index (χ4n) is 1.13. The third-order valence-electron chi connectivity index (χ3n) is 1.94. The number of rotatable bonds is 0. The van der Waals surface area contributed by atoms with Gasteiger partial charge in [-0.05, 0) is 37.1 Å². The number of aromatic nitrogens is 2. The Balaban J connectivity index is 2.86. The maximum absolute atomic E-state index is 3.93. The smallest absolute Gasteiger partial charge is 0.0659 e. The fourth-order valence-corrected chi connectivity index (χ4v) is 1.13. The van der Waals surface area contributed by atoms with Gasteiger partial charge in [0, 0.05) is 5.39 Å². The molecule has 0 amide bonds. The van der Waals surface area contributed by atoms with Crippen LogP contribution in [0.25, 0.3) is 10.9 Å². The predicted octanol–water partition coefficient (Wildman–Crippen LogP) is 1.98. The van der Waals surface area contributed by atoms with Crippen molar-refractivity contribution in [2.24, 2.45) is 0 Å². The molecule has 2 heteroatoms. The van der Waals surface area contributed by atoms with Crippen LogP contribution >= 0.6 is 0 Å². The Morgan fingerprint density at radius 3 is 3.09 bits per heavy atom. The average molecular weight is 145 g/mol. The Hall–Kier alpha value is -1.31. The largest absolute Gasteiger partial charge is 0.278 e. The highest BCUT2D eigenvalue weighted by atomic mass is 15.1. The molecule has 0 aliphatic heterocycles. The zero-order valence-electron chi connectivity index (χ0n) is 6.60. The number of nitrogens with one attached hydrogen (secondary N) is 1. The molecule has 55 valence electrons. The van der Waals surface area contributed by atoms with Gasteiger partial charge in [0.1, 0.15) is 0 Å². The molecule has 0 saturated heterocycles. The standard InChI is InChI=1S/C9H9N2/c1-6-3-8-5-10-11-9(8)4-7(6)2/h4-5H,1-2H3,(H,10,11). The molecule has 0 bridgehead atoms. The van der Waals surface area contributed by atoms with Crippen LogP contribution in [-0.2, 0) is 0 Å². The van der Waals surface area contributed by atoms with Gasteiger partial charge >= 0.3 is 0 Å². The van der Waals surface area contributed by atoms with Crippen LogP contribution in [0.5, 0.6) is 0 Å². The van der Waals surface area contributed by atoms with Gasteiger partial charge < -0.3 is 0 Å². The van der Waals surface area contributed by atoms with Crippen molar-refractivity contribution in [2.75, 3.05) is 0 Å². The van der Waals surface area contributed by atoms with E-state index >= 15 is 0 Å². The van der Waals surface area contributed by atoms with Crippen LogP contribution in [-0.4, -0.2) is 10.2 Å². The molecule has 0 fully saturated rings. The van der Waals surface area contributed by atoms with Gasteiger partial charge in [-0.1, -0.05) is 0 Å². The first-order valence-corrected chi connectivity index (χ1v) is 3.60. The first-order chi connectivity index (χ1) is 5.27. The molecule has 2 aromatic rings. The first kappa shape index (κ1) is 6.40. The lowest BCUT2D eigenvalue weighted by Crippen LogP contribution is -1.79. The topological polar surface area (TPSA) is 28.7 Å². The lowest BCUT2D eigenvalue weighted by Gasteiger charge is -1.96. The highest BCUT2D eigenvalue weighted by Crippen LogP contribution is 2.15. The molecule has 1 N–H and O–H groups in total. The molecule has 0 atom stereocenters. The summed E-state index contributed by atoms with van der Waals surface area (Å²) in [6, 6.07) is 5.34. The Bertz CT molecular complexity index is 351. The Morgan fingerprint density at radius 1 is 1.45 bits per heavy atom. The molecule has 1 heterocycles. The number of aryl methyl sites for hydroxylation is 2. The molecule has 2 nitrogen and oxygen atoms in total. The van der Waals surface area contributed by atoms with Crippen LogP contribution in [0.1, 0.15) is 11.1 Å². The number of hydrogen-bond acceptors (Lipinski definition) is 1. The molecular weight excluding hydrogens is 136 g/mol. The van der Waals surface area contributed by atoms with Crippen LogP contribution < -0.4 is 0 Å². The van der Waals surface area contributed by atoms with E-state index in [0.29, 0.717) is 0 Å². The summed E-state index contributed by atoms with van der Waals surface area (Å²) in [4.78, 5) is 0. The van der Waals surface area contributed by atoms with E-state index < -0.39 is 0 Å². The van der Waals surface area contributed by atoms with Crippen LogP contribution in [0, 0.1) is 19.9 Å². The van der Waals surface area contributed by atoms with Crippen molar-refractivity contribution in [3.05, 3.63) is 29.5 Å². The molecule has 1 aromatic heterocycles. The third kappa shape index (κ3) is 0.909. The van der Waals surface area contributed by atoms with Gasteiger partial charge in [0.15, 0.2) is 0 Å². The molecule has 1 radical (unpaired) electrons. The van der Waals surface area contributed by atoms with Crippen molar-refractivity contribution in [2.45, 2.75) is 13.8 Å². The monoisotopic (exact) mass is 145 g/mol. The number of aromatic amines is 1. The molecule has 2 rings (SSSR count). The summed E-state index contributed by atoms with van der Waals surface area (Å²) in [6.45, 7) is 4.13. The first-order valence-electron chi connectivity index (χ1n) is 3.60. The van der Waals surface area contributed by atoms with Crippen molar-refractivity contribution in [3.63, 3.8) is 0 Å². The second-order valence-electron chi connectivity index (χ2n) is 2.77. The highest BCUT2D eigenvalue weighted by Gasteiger charge is 1.98. The zero-order valence-corrected chi connectivity index (χ0v) is 6.60. The summed E-state index contributed by atoms with van der Waals surface area (Å²) in [7, 11) is 0. The van der Waals surface area contributed by atoms with Gasteiger partial charge in [-0.3, -0.25) is 5.10 Å². The van der Waals surface area contributed by atoms with E-state index in [1.54, 1.807) is 6.20 Å². The van der Waals surface area contributed by atoms with Crippen molar-refractivity contribution in [1.29, 1.82) is 0 Å². The SMILES string of the molecule is Cc1[c]c2cn[nH]c2cc1C. The summed E-state index contributed by atoms with van der Waals surface area (Å²) in [6.07, 6.45) is 1.79. The van der Waals surface area contributed by atoms with E-state index in [1.165, 1.54) is 11.1 Å². The maximum Gasteiger partial charge on any atom is 0.0659 e. The number of nitrogens with zero attached hydrogens (tertiary/aromatic N) is 1. The molecular formula is C9H9N2. The highest BCUT2D eigenvalue weighted by molar-refractivity contribution is 5.78. The Kier molecular flexibility index (Phi) is 1.22.